The highest BCUT2D eigenvalue weighted by atomic mass is 16.5. The van der Waals surface area contributed by atoms with E-state index in [2.05, 4.69) is 22.0 Å². The van der Waals surface area contributed by atoms with Gasteiger partial charge in [0.1, 0.15) is 0 Å². The molecule has 4 fully saturated rings. The summed E-state index contributed by atoms with van der Waals surface area (Å²) in [5.74, 6) is 1.85. The molecule has 0 aromatic rings. The Hall–Kier alpha value is -0.850. The fourth-order valence-corrected chi connectivity index (χ4v) is 4.84. The quantitative estimate of drug-likeness (QED) is 0.533. The van der Waals surface area contributed by atoms with E-state index in [1.165, 1.54) is 45.2 Å². The molecular weight excluding hydrogens is 352 g/mol. The fraction of sp³-hybridized carbons (Fsp3) is 0.955. The number of hydrogen-bond donors (Lipinski definition) is 1. The summed E-state index contributed by atoms with van der Waals surface area (Å²) in [4.78, 5) is 10.1. The molecule has 160 valence electrons. The molecule has 6 nitrogen and oxygen atoms in total. The van der Waals surface area contributed by atoms with Crippen molar-refractivity contribution in [2.24, 2.45) is 10.9 Å². The van der Waals surface area contributed by atoms with Gasteiger partial charge in [0.05, 0.1) is 18.8 Å². The zero-order chi connectivity index (χ0) is 19.2. The standard InChI is InChI=1S/C22H40N4O2/c1-2-23-22(24-15-18-8-11-26(16-18)19-6-7-19)25-12-9-20(10-13-25)28-17-21-5-3-4-14-27-21/h18-21H,2-17H2,1H3,(H,23,24). The SMILES string of the molecule is CCNC(=NCC1CCN(C2CC2)C1)N1CCC(OCC2CCCCO2)CC1. The summed E-state index contributed by atoms with van der Waals surface area (Å²) in [6.07, 6.45) is 10.7. The minimum atomic E-state index is 0.326. The third kappa shape index (κ3) is 5.83. The van der Waals surface area contributed by atoms with Gasteiger partial charge in [0.2, 0.25) is 0 Å². The molecule has 0 amide bonds. The predicted octanol–water partition coefficient (Wildman–Crippen LogP) is 2.49. The highest BCUT2D eigenvalue weighted by Crippen LogP contribution is 2.31. The molecule has 4 aliphatic rings. The molecule has 0 aromatic carbocycles. The van der Waals surface area contributed by atoms with Crippen molar-refractivity contribution >= 4 is 5.96 Å². The highest BCUT2D eigenvalue weighted by Gasteiger charge is 2.34. The molecule has 0 radical (unpaired) electrons. The van der Waals surface area contributed by atoms with Gasteiger partial charge >= 0.3 is 0 Å². The van der Waals surface area contributed by atoms with Crippen LogP contribution < -0.4 is 5.32 Å². The van der Waals surface area contributed by atoms with Gasteiger partial charge in [-0.15, -0.1) is 0 Å². The van der Waals surface area contributed by atoms with Gasteiger partial charge in [0.15, 0.2) is 5.96 Å². The lowest BCUT2D eigenvalue weighted by Gasteiger charge is -2.35. The zero-order valence-corrected chi connectivity index (χ0v) is 17.8. The van der Waals surface area contributed by atoms with Crippen LogP contribution in [-0.4, -0.2) is 86.5 Å². The Morgan fingerprint density at radius 2 is 1.93 bits per heavy atom. The third-order valence-corrected chi connectivity index (χ3v) is 6.75. The molecule has 1 N–H and O–H groups in total. The van der Waals surface area contributed by atoms with Crippen molar-refractivity contribution in [1.29, 1.82) is 0 Å². The van der Waals surface area contributed by atoms with E-state index in [4.69, 9.17) is 14.5 Å². The maximum atomic E-state index is 6.17. The summed E-state index contributed by atoms with van der Waals surface area (Å²) < 4.78 is 12.0. The van der Waals surface area contributed by atoms with Crippen molar-refractivity contribution < 1.29 is 9.47 Å². The van der Waals surface area contributed by atoms with Crippen LogP contribution in [-0.2, 0) is 9.47 Å². The van der Waals surface area contributed by atoms with Crippen molar-refractivity contribution in [3.05, 3.63) is 0 Å². The van der Waals surface area contributed by atoms with Gasteiger partial charge in [0.25, 0.3) is 0 Å². The van der Waals surface area contributed by atoms with Gasteiger partial charge in [-0.25, -0.2) is 0 Å². The van der Waals surface area contributed by atoms with Crippen LogP contribution in [0.2, 0.25) is 0 Å². The van der Waals surface area contributed by atoms with Crippen LogP contribution >= 0.6 is 0 Å². The van der Waals surface area contributed by atoms with Crippen LogP contribution in [0, 0.1) is 5.92 Å². The number of nitrogens with one attached hydrogen (secondary N) is 1. The number of rotatable bonds is 7. The van der Waals surface area contributed by atoms with E-state index < -0.39 is 0 Å². The minimum Gasteiger partial charge on any atom is -0.376 e. The van der Waals surface area contributed by atoms with Crippen LogP contribution in [0.1, 0.15) is 58.3 Å². The molecule has 0 spiro atoms. The Bertz CT molecular complexity index is 497. The topological polar surface area (TPSA) is 49.3 Å². The summed E-state index contributed by atoms with van der Waals surface area (Å²) in [6, 6.07) is 0.903. The molecule has 28 heavy (non-hydrogen) atoms. The van der Waals surface area contributed by atoms with Gasteiger partial charge in [-0.05, 0) is 70.8 Å². The monoisotopic (exact) mass is 392 g/mol. The summed E-state index contributed by atoms with van der Waals surface area (Å²) in [5.41, 5.74) is 0. The normalized spacial score (nSPS) is 30.8. The van der Waals surface area contributed by atoms with Crippen molar-refractivity contribution in [2.45, 2.75) is 76.5 Å². The Balaban J connectivity index is 1.19. The number of ether oxygens (including phenoxy) is 2. The van der Waals surface area contributed by atoms with Gasteiger partial charge in [-0.1, -0.05) is 0 Å². The van der Waals surface area contributed by atoms with Crippen LogP contribution in [0.15, 0.2) is 4.99 Å². The second kappa shape index (κ2) is 10.3. The number of piperidine rings is 1. The zero-order valence-electron chi connectivity index (χ0n) is 17.8. The molecule has 2 unspecified atom stereocenters. The van der Waals surface area contributed by atoms with Crippen molar-refractivity contribution in [1.82, 2.24) is 15.1 Å². The van der Waals surface area contributed by atoms with Crippen LogP contribution in [0.5, 0.6) is 0 Å². The van der Waals surface area contributed by atoms with E-state index in [1.807, 2.05) is 0 Å². The average molecular weight is 393 g/mol. The van der Waals surface area contributed by atoms with E-state index in [1.54, 1.807) is 0 Å². The Morgan fingerprint density at radius 1 is 1.07 bits per heavy atom. The number of guanidine groups is 1. The largest absolute Gasteiger partial charge is 0.376 e. The first kappa shape index (κ1) is 20.4. The third-order valence-electron chi connectivity index (χ3n) is 6.75. The lowest BCUT2D eigenvalue weighted by molar-refractivity contribution is -0.0721. The minimum absolute atomic E-state index is 0.326. The molecule has 2 atom stereocenters. The molecule has 3 heterocycles. The first-order valence-electron chi connectivity index (χ1n) is 11.8. The van der Waals surface area contributed by atoms with Gasteiger partial charge in [-0.3, -0.25) is 4.99 Å². The van der Waals surface area contributed by atoms with Crippen molar-refractivity contribution in [2.75, 3.05) is 52.5 Å². The first-order chi connectivity index (χ1) is 13.8. The van der Waals surface area contributed by atoms with E-state index in [0.29, 0.717) is 12.2 Å². The maximum absolute atomic E-state index is 6.17. The maximum Gasteiger partial charge on any atom is 0.193 e. The molecule has 4 rings (SSSR count). The molecule has 1 aliphatic carbocycles. The Labute approximate surface area is 171 Å². The lowest BCUT2D eigenvalue weighted by Crippen LogP contribution is -2.47. The molecule has 3 saturated heterocycles. The molecule has 3 aliphatic heterocycles. The van der Waals surface area contributed by atoms with E-state index in [0.717, 1.165) is 76.6 Å². The highest BCUT2D eigenvalue weighted by molar-refractivity contribution is 5.80. The second-order valence-electron chi connectivity index (χ2n) is 9.08. The van der Waals surface area contributed by atoms with Gasteiger partial charge in [-0.2, -0.15) is 0 Å². The number of nitrogens with zero attached hydrogens (tertiary/aromatic N) is 3. The summed E-state index contributed by atoms with van der Waals surface area (Å²) >= 11 is 0. The van der Waals surface area contributed by atoms with E-state index in [9.17, 15) is 0 Å². The number of likely N-dealkylation sites (tertiary alicyclic amines) is 2. The summed E-state index contributed by atoms with van der Waals surface area (Å²) in [5, 5.41) is 3.52. The Kier molecular flexibility index (Phi) is 7.48. The molecule has 6 heteroatoms. The van der Waals surface area contributed by atoms with Crippen LogP contribution in [0.25, 0.3) is 0 Å². The van der Waals surface area contributed by atoms with Gasteiger partial charge < -0.3 is 24.6 Å². The average Bonchev–Trinajstić information content (AvgIpc) is 3.49. The van der Waals surface area contributed by atoms with Crippen molar-refractivity contribution in [3.63, 3.8) is 0 Å². The lowest BCUT2D eigenvalue weighted by atomic mass is 10.1. The summed E-state index contributed by atoms with van der Waals surface area (Å²) in [6.45, 7) is 10.4. The number of hydrogen-bond acceptors (Lipinski definition) is 4. The molecule has 0 bridgehead atoms. The van der Waals surface area contributed by atoms with E-state index in [-0.39, 0.29) is 0 Å². The second-order valence-corrected chi connectivity index (χ2v) is 9.08. The Morgan fingerprint density at radius 3 is 2.64 bits per heavy atom. The molecule has 0 aromatic heterocycles. The predicted molar refractivity (Wildman–Crippen MR) is 113 cm³/mol. The van der Waals surface area contributed by atoms with E-state index >= 15 is 0 Å². The molecule has 1 saturated carbocycles. The number of aliphatic imine (C=N–C) groups is 1. The van der Waals surface area contributed by atoms with Gasteiger partial charge in [0, 0.05) is 45.4 Å². The first-order valence-corrected chi connectivity index (χ1v) is 11.8. The molecular formula is C22H40N4O2. The van der Waals surface area contributed by atoms with Crippen LogP contribution in [0.3, 0.4) is 0 Å². The van der Waals surface area contributed by atoms with Crippen LogP contribution in [0.4, 0.5) is 0 Å². The van der Waals surface area contributed by atoms with Crippen molar-refractivity contribution in [3.8, 4) is 0 Å². The smallest absolute Gasteiger partial charge is 0.193 e. The summed E-state index contributed by atoms with van der Waals surface area (Å²) in [7, 11) is 0. The fourth-order valence-electron chi connectivity index (χ4n) is 4.84.